The highest BCUT2D eigenvalue weighted by Crippen LogP contribution is 2.22. The third-order valence-corrected chi connectivity index (χ3v) is 5.80. The van der Waals surface area contributed by atoms with Gasteiger partial charge in [-0.3, -0.25) is 9.59 Å². The molecule has 0 aliphatic carbocycles. The Balaban J connectivity index is 1.94. The van der Waals surface area contributed by atoms with Crippen molar-refractivity contribution in [2.24, 2.45) is 0 Å². The lowest BCUT2D eigenvalue weighted by atomic mass is 10.0. The van der Waals surface area contributed by atoms with Crippen LogP contribution in [0.1, 0.15) is 23.6 Å². The molecule has 3 aromatic carbocycles. The smallest absolute Gasteiger partial charge is 0.243 e. The van der Waals surface area contributed by atoms with Crippen LogP contribution in [0.3, 0.4) is 0 Å². The Morgan fingerprint density at radius 3 is 2.24 bits per heavy atom. The van der Waals surface area contributed by atoms with E-state index in [1.165, 1.54) is 0 Å². The minimum atomic E-state index is -0.672. The Morgan fingerprint density at radius 1 is 0.939 bits per heavy atom. The molecule has 0 bridgehead atoms. The maximum atomic E-state index is 13.6. The molecule has 0 heterocycles. The maximum absolute atomic E-state index is 13.6. The predicted molar refractivity (Wildman–Crippen MR) is 131 cm³/mol. The lowest BCUT2D eigenvalue weighted by Gasteiger charge is -2.32. The summed E-state index contributed by atoms with van der Waals surface area (Å²) in [7, 11) is 1.60. The summed E-state index contributed by atoms with van der Waals surface area (Å²) in [5.41, 5.74) is 2.62. The van der Waals surface area contributed by atoms with Gasteiger partial charge >= 0.3 is 0 Å². The van der Waals surface area contributed by atoms with Gasteiger partial charge in [0.15, 0.2) is 0 Å². The number of carbonyl (C=O) groups is 2. The summed E-state index contributed by atoms with van der Waals surface area (Å²) in [6, 6.07) is 23.8. The number of rotatable bonds is 10. The molecule has 3 rings (SSSR count). The zero-order chi connectivity index (χ0) is 23.6. The molecule has 1 N–H and O–H groups in total. The second kappa shape index (κ2) is 12.1. The molecule has 0 saturated heterocycles. The molecule has 0 radical (unpaired) electrons. The van der Waals surface area contributed by atoms with Gasteiger partial charge in [-0.25, -0.2) is 0 Å². The number of amides is 2. The van der Waals surface area contributed by atoms with E-state index in [0.717, 1.165) is 22.4 Å². The van der Waals surface area contributed by atoms with Gasteiger partial charge in [0, 0.05) is 24.5 Å². The number of hydrogen-bond acceptors (Lipinski definition) is 3. The summed E-state index contributed by atoms with van der Waals surface area (Å²) in [5.74, 6) is 0.396. The number of ether oxygens (including phenoxy) is 1. The van der Waals surface area contributed by atoms with Crippen molar-refractivity contribution in [3.63, 3.8) is 0 Å². The first-order chi connectivity index (χ1) is 16.0. The van der Waals surface area contributed by atoms with Crippen LogP contribution in [0.2, 0.25) is 5.02 Å². The molecule has 3 aromatic rings. The van der Waals surface area contributed by atoms with Gasteiger partial charge in [-0.05, 0) is 41.8 Å². The van der Waals surface area contributed by atoms with Gasteiger partial charge in [-0.1, -0.05) is 72.3 Å². The van der Waals surface area contributed by atoms with Gasteiger partial charge in [0.1, 0.15) is 11.8 Å². The number of hydrogen-bond donors (Lipinski definition) is 1. The number of likely N-dealkylation sites (N-methyl/N-ethyl adjacent to an activating group) is 1. The molecule has 0 unspecified atom stereocenters. The first-order valence-electron chi connectivity index (χ1n) is 11.0. The fourth-order valence-corrected chi connectivity index (χ4v) is 3.87. The van der Waals surface area contributed by atoms with Gasteiger partial charge in [0.05, 0.1) is 13.5 Å². The number of nitrogens with zero attached hydrogens (tertiary/aromatic N) is 1. The summed E-state index contributed by atoms with van der Waals surface area (Å²) in [6.45, 7) is 2.59. The van der Waals surface area contributed by atoms with E-state index in [1.807, 2.05) is 79.7 Å². The van der Waals surface area contributed by atoms with E-state index in [1.54, 1.807) is 18.1 Å². The van der Waals surface area contributed by atoms with Crippen molar-refractivity contribution in [2.45, 2.75) is 32.4 Å². The molecule has 33 heavy (non-hydrogen) atoms. The topological polar surface area (TPSA) is 58.6 Å². The predicted octanol–water partition coefficient (Wildman–Crippen LogP) is 4.67. The van der Waals surface area contributed by atoms with Crippen LogP contribution in [0.5, 0.6) is 5.75 Å². The Bertz CT molecular complexity index is 1050. The van der Waals surface area contributed by atoms with Crippen LogP contribution in [-0.2, 0) is 29.0 Å². The van der Waals surface area contributed by atoms with Crippen LogP contribution in [0.15, 0.2) is 78.9 Å². The van der Waals surface area contributed by atoms with E-state index < -0.39 is 6.04 Å². The van der Waals surface area contributed by atoms with Gasteiger partial charge in [-0.15, -0.1) is 0 Å². The molecule has 0 fully saturated rings. The van der Waals surface area contributed by atoms with Crippen molar-refractivity contribution in [3.05, 3.63) is 101 Å². The third kappa shape index (κ3) is 6.83. The highest BCUT2D eigenvalue weighted by atomic mass is 35.5. The number of carbonyl (C=O) groups excluding carboxylic acids is 2. The van der Waals surface area contributed by atoms with E-state index in [9.17, 15) is 9.59 Å². The van der Waals surface area contributed by atoms with Gasteiger partial charge in [0.25, 0.3) is 0 Å². The fourth-order valence-electron chi connectivity index (χ4n) is 3.68. The first-order valence-corrected chi connectivity index (χ1v) is 11.4. The standard InChI is InChI=1S/C27H29ClN2O3/c1-3-29-27(32)25(17-20-9-5-4-6-10-20)30(19-22-11-7-8-12-24(22)28)26(31)18-21-13-15-23(33-2)16-14-21/h4-16,25H,3,17-19H2,1-2H3,(H,29,32)/t25-/m1/s1. The van der Waals surface area contributed by atoms with Gasteiger partial charge in [-0.2, -0.15) is 0 Å². The Kier molecular flexibility index (Phi) is 8.90. The molecule has 0 saturated carbocycles. The monoisotopic (exact) mass is 464 g/mol. The number of methoxy groups -OCH3 is 1. The number of nitrogens with one attached hydrogen (secondary N) is 1. The highest BCUT2D eigenvalue weighted by Gasteiger charge is 2.30. The fraction of sp³-hybridized carbons (Fsp3) is 0.259. The summed E-state index contributed by atoms with van der Waals surface area (Å²) >= 11 is 6.42. The molecule has 5 nitrogen and oxygen atoms in total. The molecular formula is C27H29ClN2O3. The third-order valence-electron chi connectivity index (χ3n) is 5.44. The Labute approximate surface area is 200 Å². The van der Waals surface area contributed by atoms with E-state index in [2.05, 4.69) is 5.32 Å². The molecule has 0 aliphatic heterocycles. The average Bonchev–Trinajstić information content (AvgIpc) is 2.83. The lowest BCUT2D eigenvalue weighted by Crippen LogP contribution is -2.51. The molecule has 0 aliphatic rings. The van der Waals surface area contributed by atoms with Crippen molar-refractivity contribution in [1.82, 2.24) is 10.2 Å². The average molecular weight is 465 g/mol. The van der Waals surface area contributed by atoms with Crippen molar-refractivity contribution in [1.29, 1.82) is 0 Å². The Hall–Kier alpha value is -3.31. The minimum absolute atomic E-state index is 0.146. The molecule has 1 atom stereocenters. The normalized spacial score (nSPS) is 11.5. The van der Waals surface area contributed by atoms with E-state index in [-0.39, 0.29) is 24.8 Å². The largest absolute Gasteiger partial charge is 0.497 e. The van der Waals surface area contributed by atoms with Crippen molar-refractivity contribution in [2.75, 3.05) is 13.7 Å². The maximum Gasteiger partial charge on any atom is 0.243 e. The SMILES string of the molecule is CCNC(=O)[C@@H](Cc1ccccc1)N(Cc1ccccc1Cl)C(=O)Cc1ccc(OC)cc1. The molecule has 0 aromatic heterocycles. The second-order valence-electron chi connectivity index (χ2n) is 7.74. The van der Waals surface area contributed by atoms with Crippen LogP contribution in [0.25, 0.3) is 0 Å². The van der Waals surface area contributed by atoms with Crippen molar-refractivity contribution >= 4 is 23.4 Å². The van der Waals surface area contributed by atoms with Gasteiger partial charge in [0.2, 0.25) is 11.8 Å². The summed E-state index contributed by atoms with van der Waals surface area (Å²) in [6.07, 6.45) is 0.574. The number of benzene rings is 3. The molecule has 0 spiro atoms. The van der Waals surface area contributed by atoms with E-state index >= 15 is 0 Å². The van der Waals surface area contributed by atoms with Crippen LogP contribution >= 0.6 is 11.6 Å². The Morgan fingerprint density at radius 2 is 1.61 bits per heavy atom. The highest BCUT2D eigenvalue weighted by molar-refractivity contribution is 6.31. The van der Waals surface area contributed by atoms with Crippen LogP contribution in [0, 0.1) is 0 Å². The zero-order valence-electron chi connectivity index (χ0n) is 19.0. The van der Waals surface area contributed by atoms with Gasteiger partial charge < -0.3 is 15.0 Å². The van der Waals surface area contributed by atoms with Crippen LogP contribution in [0.4, 0.5) is 0 Å². The molecule has 2 amide bonds. The summed E-state index contributed by atoms with van der Waals surface area (Å²) in [4.78, 5) is 28.4. The zero-order valence-corrected chi connectivity index (χ0v) is 19.7. The second-order valence-corrected chi connectivity index (χ2v) is 8.15. The molecule has 6 heteroatoms. The van der Waals surface area contributed by atoms with Crippen molar-refractivity contribution < 1.29 is 14.3 Å². The lowest BCUT2D eigenvalue weighted by molar-refractivity contribution is -0.140. The molecular weight excluding hydrogens is 436 g/mol. The van der Waals surface area contributed by atoms with Crippen LogP contribution in [-0.4, -0.2) is 36.4 Å². The molecule has 172 valence electrons. The van der Waals surface area contributed by atoms with E-state index in [0.29, 0.717) is 18.0 Å². The minimum Gasteiger partial charge on any atom is -0.497 e. The summed E-state index contributed by atoms with van der Waals surface area (Å²) < 4.78 is 5.21. The number of halogens is 1. The first kappa shape index (κ1) is 24.3. The quantitative estimate of drug-likeness (QED) is 0.474. The summed E-state index contributed by atoms with van der Waals surface area (Å²) in [5, 5.41) is 3.46. The van der Waals surface area contributed by atoms with E-state index in [4.69, 9.17) is 16.3 Å². The van der Waals surface area contributed by atoms with Crippen molar-refractivity contribution in [3.8, 4) is 5.75 Å². The van der Waals surface area contributed by atoms with Crippen LogP contribution < -0.4 is 10.1 Å².